The maximum absolute atomic E-state index is 12.6. The molecule has 8 nitrogen and oxygen atoms in total. The van der Waals surface area contributed by atoms with E-state index < -0.39 is 0 Å². The van der Waals surface area contributed by atoms with Crippen LogP contribution in [0.4, 0.5) is 11.5 Å². The molecule has 0 unspecified atom stereocenters. The van der Waals surface area contributed by atoms with Gasteiger partial charge in [0.1, 0.15) is 11.6 Å². The minimum absolute atomic E-state index is 0.00130. The zero-order valence-corrected chi connectivity index (χ0v) is 18.1. The standard InChI is InChI=1S/C21H32N6O2/c1-6-27-13-17(12-22-27)23-19(28)15-7-9-26(10-8-15)18-11-16(14-29-5)24-20(25-18)21(2,3)4/h11-13,15H,6-10,14H2,1-5H3,(H,23,28). The normalized spacial score (nSPS) is 15.6. The van der Waals surface area contributed by atoms with E-state index in [0.29, 0.717) is 6.61 Å². The summed E-state index contributed by atoms with van der Waals surface area (Å²) in [7, 11) is 1.67. The molecule has 158 valence electrons. The molecule has 0 saturated carbocycles. The van der Waals surface area contributed by atoms with Gasteiger partial charge in [0.25, 0.3) is 0 Å². The van der Waals surface area contributed by atoms with Crippen LogP contribution in [0.3, 0.4) is 0 Å². The fourth-order valence-corrected chi connectivity index (χ4v) is 3.42. The molecule has 1 aliphatic rings. The molecule has 1 fully saturated rings. The number of nitrogens with zero attached hydrogens (tertiary/aromatic N) is 5. The third-order valence-electron chi connectivity index (χ3n) is 5.14. The van der Waals surface area contributed by atoms with Crippen molar-refractivity contribution >= 4 is 17.4 Å². The lowest BCUT2D eigenvalue weighted by Gasteiger charge is -2.33. The Balaban J connectivity index is 1.65. The Kier molecular flexibility index (Phi) is 6.52. The number of amides is 1. The Hall–Kier alpha value is -2.48. The zero-order valence-electron chi connectivity index (χ0n) is 18.1. The molecular weight excluding hydrogens is 368 g/mol. The SMILES string of the molecule is CCn1cc(NC(=O)C2CCN(c3cc(COC)nc(C(C)(C)C)n3)CC2)cn1. The first-order chi connectivity index (χ1) is 13.8. The van der Waals surface area contributed by atoms with Crippen LogP contribution in [-0.2, 0) is 28.1 Å². The average molecular weight is 401 g/mol. The Bertz CT molecular complexity index is 834. The molecule has 2 aromatic heterocycles. The van der Waals surface area contributed by atoms with Crippen LogP contribution in [-0.4, -0.2) is 45.9 Å². The summed E-state index contributed by atoms with van der Waals surface area (Å²) in [5, 5.41) is 7.20. The minimum atomic E-state index is -0.139. The van der Waals surface area contributed by atoms with Gasteiger partial charge in [-0.1, -0.05) is 20.8 Å². The number of aryl methyl sites for hydroxylation is 1. The molecule has 0 radical (unpaired) electrons. The zero-order chi connectivity index (χ0) is 21.0. The predicted molar refractivity (Wildman–Crippen MR) is 113 cm³/mol. The Morgan fingerprint density at radius 3 is 2.59 bits per heavy atom. The molecule has 2 aromatic rings. The molecule has 0 aromatic carbocycles. The lowest BCUT2D eigenvalue weighted by molar-refractivity contribution is -0.120. The number of carbonyl (C=O) groups excluding carboxylic acids is 1. The molecule has 8 heteroatoms. The summed E-state index contributed by atoms with van der Waals surface area (Å²) in [5.74, 6) is 1.80. The van der Waals surface area contributed by atoms with E-state index in [0.717, 1.165) is 55.5 Å². The van der Waals surface area contributed by atoms with Crippen LogP contribution in [0.1, 0.15) is 52.1 Å². The van der Waals surface area contributed by atoms with E-state index in [1.165, 1.54) is 0 Å². The van der Waals surface area contributed by atoms with Crippen LogP contribution in [0, 0.1) is 5.92 Å². The number of ether oxygens (including phenoxy) is 1. The van der Waals surface area contributed by atoms with E-state index in [-0.39, 0.29) is 17.2 Å². The number of methoxy groups -OCH3 is 1. The lowest BCUT2D eigenvalue weighted by Crippen LogP contribution is -2.39. The summed E-state index contributed by atoms with van der Waals surface area (Å²) in [6, 6.07) is 2.00. The first-order valence-electron chi connectivity index (χ1n) is 10.3. The first kappa shape index (κ1) is 21.2. The van der Waals surface area contributed by atoms with Gasteiger partial charge in [-0.2, -0.15) is 5.10 Å². The fraction of sp³-hybridized carbons (Fsp3) is 0.619. The van der Waals surface area contributed by atoms with Gasteiger partial charge in [-0.25, -0.2) is 9.97 Å². The monoisotopic (exact) mass is 400 g/mol. The third kappa shape index (κ3) is 5.32. The first-order valence-corrected chi connectivity index (χ1v) is 10.3. The van der Waals surface area contributed by atoms with Crippen molar-refractivity contribution in [3.8, 4) is 0 Å². The number of hydrogen-bond donors (Lipinski definition) is 1. The molecule has 0 bridgehead atoms. The number of piperidine rings is 1. The number of nitrogens with one attached hydrogen (secondary N) is 1. The molecular formula is C21H32N6O2. The third-order valence-corrected chi connectivity index (χ3v) is 5.14. The maximum Gasteiger partial charge on any atom is 0.227 e. The number of carbonyl (C=O) groups is 1. The van der Waals surface area contributed by atoms with Crippen molar-refractivity contribution in [1.29, 1.82) is 0 Å². The molecule has 1 amide bonds. The highest BCUT2D eigenvalue weighted by atomic mass is 16.5. The molecule has 1 saturated heterocycles. The van der Waals surface area contributed by atoms with Crippen LogP contribution in [0.25, 0.3) is 0 Å². The molecule has 0 atom stereocenters. The second-order valence-electron chi connectivity index (χ2n) is 8.56. The van der Waals surface area contributed by atoms with Crippen molar-refractivity contribution in [3.63, 3.8) is 0 Å². The van der Waals surface area contributed by atoms with Gasteiger partial charge in [0, 0.05) is 50.3 Å². The summed E-state index contributed by atoms with van der Waals surface area (Å²) in [4.78, 5) is 24.3. The largest absolute Gasteiger partial charge is 0.378 e. The van der Waals surface area contributed by atoms with E-state index in [4.69, 9.17) is 9.72 Å². The molecule has 29 heavy (non-hydrogen) atoms. The van der Waals surface area contributed by atoms with Crippen LogP contribution in [0.5, 0.6) is 0 Å². The minimum Gasteiger partial charge on any atom is -0.378 e. The number of hydrogen-bond acceptors (Lipinski definition) is 6. The van der Waals surface area contributed by atoms with Crippen LogP contribution >= 0.6 is 0 Å². The highest BCUT2D eigenvalue weighted by molar-refractivity contribution is 5.92. The summed E-state index contributed by atoms with van der Waals surface area (Å²) < 4.78 is 7.09. The van der Waals surface area contributed by atoms with Gasteiger partial charge in [0.05, 0.1) is 24.2 Å². The van der Waals surface area contributed by atoms with Crippen LogP contribution in [0.15, 0.2) is 18.5 Å². The van der Waals surface area contributed by atoms with Gasteiger partial charge in [-0.3, -0.25) is 9.48 Å². The highest BCUT2D eigenvalue weighted by Gasteiger charge is 2.27. The second-order valence-corrected chi connectivity index (χ2v) is 8.56. The summed E-state index contributed by atoms with van der Waals surface area (Å²) in [6.45, 7) is 11.2. The van der Waals surface area contributed by atoms with E-state index in [1.54, 1.807) is 18.0 Å². The van der Waals surface area contributed by atoms with Gasteiger partial charge in [-0.05, 0) is 19.8 Å². The van der Waals surface area contributed by atoms with Crippen molar-refractivity contribution in [2.75, 3.05) is 30.4 Å². The van der Waals surface area contributed by atoms with E-state index >= 15 is 0 Å². The summed E-state index contributed by atoms with van der Waals surface area (Å²) >= 11 is 0. The van der Waals surface area contributed by atoms with Crippen molar-refractivity contribution in [2.45, 2.75) is 59.1 Å². The molecule has 0 aliphatic carbocycles. The van der Waals surface area contributed by atoms with E-state index in [2.05, 4.69) is 41.1 Å². The maximum atomic E-state index is 12.6. The van der Waals surface area contributed by atoms with Gasteiger partial charge in [-0.15, -0.1) is 0 Å². The van der Waals surface area contributed by atoms with Crippen molar-refractivity contribution in [1.82, 2.24) is 19.7 Å². The molecule has 0 spiro atoms. The van der Waals surface area contributed by atoms with Gasteiger partial charge >= 0.3 is 0 Å². The number of aromatic nitrogens is 4. The van der Waals surface area contributed by atoms with E-state index in [9.17, 15) is 4.79 Å². The quantitative estimate of drug-likeness (QED) is 0.802. The van der Waals surface area contributed by atoms with Crippen molar-refractivity contribution < 1.29 is 9.53 Å². The Morgan fingerprint density at radius 1 is 1.28 bits per heavy atom. The number of rotatable bonds is 6. The van der Waals surface area contributed by atoms with Gasteiger partial charge in [0.15, 0.2) is 0 Å². The predicted octanol–water partition coefficient (Wildman–Crippen LogP) is 2.99. The number of anilines is 2. The van der Waals surface area contributed by atoms with Crippen molar-refractivity contribution in [3.05, 3.63) is 30.0 Å². The highest BCUT2D eigenvalue weighted by Crippen LogP contribution is 2.26. The molecule has 3 heterocycles. The smallest absolute Gasteiger partial charge is 0.227 e. The lowest BCUT2D eigenvalue weighted by atomic mass is 9.95. The van der Waals surface area contributed by atoms with Gasteiger partial charge < -0.3 is 15.0 Å². The molecule has 3 rings (SSSR count). The average Bonchev–Trinajstić information content (AvgIpc) is 3.15. The van der Waals surface area contributed by atoms with Crippen molar-refractivity contribution in [2.24, 2.45) is 5.92 Å². The van der Waals surface area contributed by atoms with Crippen LogP contribution in [0.2, 0.25) is 0 Å². The van der Waals surface area contributed by atoms with Gasteiger partial charge in [0.2, 0.25) is 5.91 Å². The van der Waals surface area contributed by atoms with Crippen LogP contribution < -0.4 is 10.2 Å². The molecule has 1 aliphatic heterocycles. The summed E-state index contributed by atoms with van der Waals surface area (Å²) in [6.07, 6.45) is 5.15. The summed E-state index contributed by atoms with van der Waals surface area (Å²) in [5.41, 5.74) is 1.50. The fourth-order valence-electron chi connectivity index (χ4n) is 3.42. The topological polar surface area (TPSA) is 85.2 Å². The Labute approximate surface area is 172 Å². The molecule has 1 N–H and O–H groups in total. The van der Waals surface area contributed by atoms with E-state index in [1.807, 2.05) is 19.2 Å². The second kappa shape index (κ2) is 8.90. The Morgan fingerprint density at radius 2 is 2.00 bits per heavy atom.